The van der Waals surface area contributed by atoms with Gasteiger partial charge >= 0.3 is 0 Å². The molecule has 9 heteroatoms. The summed E-state index contributed by atoms with van der Waals surface area (Å²) in [5, 5.41) is 4.44. The zero-order valence-electron chi connectivity index (χ0n) is 13.0. The van der Waals surface area contributed by atoms with Crippen molar-refractivity contribution in [3.05, 3.63) is 67.4 Å². The first-order chi connectivity index (χ1) is 12.3. The molecule has 0 aliphatic carbocycles. The summed E-state index contributed by atoms with van der Waals surface area (Å²) in [5.74, 6) is -0.264. The van der Waals surface area contributed by atoms with E-state index in [4.69, 9.17) is 63.7 Å². The molecular formula is C17H11Cl5N2OS. The maximum Gasteiger partial charge on any atom is 0.180 e. The van der Waals surface area contributed by atoms with Crippen molar-refractivity contribution in [2.75, 3.05) is 11.6 Å². The topological polar surface area (TPSA) is 56.0 Å². The van der Waals surface area contributed by atoms with Gasteiger partial charge in [0.05, 0.1) is 21.6 Å². The minimum Gasteiger partial charge on any atom is -0.375 e. The van der Waals surface area contributed by atoms with Crippen LogP contribution in [0.15, 0.2) is 41.8 Å². The Balaban J connectivity index is 0.000000190. The number of thiazole rings is 1. The Labute approximate surface area is 179 Å². The Morgan fingerprint density at radius 3 is 2.12 bits per heavy atom. The Bertz CT molecular complexity index is 929. The van der Waals surface area contributed by atoms with E-state index in [1.54, 1.807) is 24.3 Å². The van der Waals surface area contributed by atoms with Gasteiger partial charge in [-0.3, -0.25) is 4.79 Å². The molecule has 136 valence electrons. The molecule has 0 unspecified atom stereocenters. The number of alkyl halides is 1. The van der Waals surface area contributed by atoms with Crippen LogP contribution < -0.4 is 5.73 Å². The smallest absolute Gasteiger partial charge is 0.180 e. The molecule has 3 rings (SSSR count). The number of nitrogens with zero attached hydrogens (tertiary/aromatic N) is 1. The highest BCUT2D eigenvalue weighted by molar-refractivity contribution is 7.13. The second-order valence-electron chi connectivity index (χ2n) is 4.88. The van der Waals surface area contributed by atoms with E-state index >= 15 is 0 Å². The summed E-state index contributed by atoms with van der Waals surface area (Å²) in [4.78, 5) is 15.2. The van der Waals surface area contributed by atoms with Crippen LogP contribution in [0.2, 0.25) is 20.1 Å². The van der Waals surface area contributed by atoms with Crippen molar-refractivity contribution in [1.82, 2.24) is 4.98 Å². The lowest BCUT2D eigenvalue weighted by Gasteiger charge is -2.00. The van der Waals surface area contributed by atoms with E-state index in [9.17, 15) is 4.79 Å². The van der Waals surface area contributed by atoms with E-state index < -0.39 is 0 Å². The van der Waals surface area contributed by atoms with Crippen molar-refractivity contribution in [2.24, 2.45) is 0 Å². The number of Topliss-reactive ketones (excluding diaryl/α,β-unsaturated/α-hetero) is 1. The van der Waals surface area contributed by atoms with Gasteiger partial charge in [-0.2, -0.15) is 0 Å². The maximum atomic E-state index is 11.1. The lowest BCUT2D eigenvalue weighted by atomic mass is 10.1. The third-order valence-electron chi connectivity index (χ3n) is 3.08. The molecule has 1 aromatic heterocycles. The first kappa shape index (κ1) is 21.3. The van der Waals surface area contributed by atoms with Crippen molar-refractivity contribution in [1.29, 1.82) is 0 Å². The Hall–Kier alpha value is -1.01. The monoisotopic (exact) mass is 466 g/mol. The van der Waals surface area contributed by atoms with Gasteiger partial charge in [0, 0.05) is 26.6 Å². The molecule has 0 saturated carbocycles. The van der Waals surface area contributed by atoms with Crippen LogP contribution in [0.5, 0.6) is 0 Å². The van der Waals surface area contributed by atoms with Crippen LogP contribution in [0.1, 0.15) is 10.4 Å². The van der Waals surface area contributed by atoms with Crippen LogP contribution in [-0.2, 0) is 0 Å². The zero-order valence-corrected chi connectivity index (χ0v) is 17.6. The average Bonchev–Trinajstić information content (AvgIpc) is 3.01. The van der Waals surface area contributed by atoms with Crippen LogP contribution in [-0.4, -0.2) is 16.6 Å². The quantitative estimate of drug-likeness (QED) is 0.329. The van der Waals surface area contributed by atoms with Crippen molar-refractivity contribution in [3.8, 4) is 11.3 Å². The molecule has 0 bridgehead atoms. The third-order valence-corrected chi connectivity index (χ3v) is 5.09. The Morgan fingerprint density at radius 2 is 1.62 bits per heavy atom. The van der Waals surface area contributed by atoms with Gasteiger partial charge < -0.3 is 5.73 Å². The van der Waals surface area contributed by atoms with E-state index in [-0.39, 0.29) is 11.7 Å². The number of nitrogen functional groups attached to an aromatic ring is 1. The predicted octanol–water partition coefficient (Wildman–Crippen LogP) is 7.11. The highest BCUT2D eigenvalue weighted by Crippen LogP contribution is 2.31. The average molecular weight is 469 g/mol. The fraction of sp³-hybridized carbons (Fsp3) is 0.0588. The van der Waals surface area contributed by atoms with Crippen molar-refractivity contribution in [3.63, 3.8) is 0 Å². The number of aromatic nitrogens is 1. The number of halogens is 5. The van der Waals surface area contributed by atoms with Gasteiger partial charge in [-0.1, -0.05) is 46.4 Å². The Morgan fingerprint density at radius 1 is 1.00 bits per heavy atom. The van der Waals surface area contributed by atoms with E-state index in [2.05, 4.69) is 4.98 Å². The summed E-state index contributed by atoms with van der Waals surface area (Å²) in [6.45, 7) is 0. The van der Waals surface area contributed by atoms with Crippen molar-refractivity contribution >= 4 is 80.3 Å². The number of carbonyl (C=O) groups excluding carboxylic acids is 1. The number of carbonyl (C=O) groups is 1. The molecule has 0 radical (unpaired) electrons. The molecule has 3 nitrogen and oxygen atoms in total. The van der Waals surface area contributed by atoms with Gasteiger partial charge in [-0.05, 0) is 36.4 Å². The second-order valence-corrected chi connectivity index (χ2v) is 7.72. The summed E-state index contributed by atoms with van der Waals surface area (Å²) in [7, 11) is 0. The number of rotatable bonds is 3. The van der Waals surface area contributed by atoms with Crippen LogP contribution in [0, 0.1) is 0 Å². The molecule has 0 aliphatic heterocycles. The largest absolute Gasteiger partial charge is 0.375 e. The molecule has 2 aromatic carbocycles. The van der Waals surface area contributed by atoms with Gasteiger partial charge in [0.25, 0.3) is 0 Å². The third kappa shape index (κ3) is 5.74. The summed E-state index contributed by atoms with van der Waals surface area (Å²) >= 11 is 29.9. The molecule has 3 aromatic rings. The van der Waals surface area contributed by atoms with Crippen LogP contribution in [0.4, 0.5) is 5.13 Å². The molecule has 0 spiro atoms. The van der Waals surface area contributed by atoms with E-state index in [0.29, 0.717) is 30.8 Å². The number of nitrogens with two attached hydrogens (primary N) is 1. The van der Waals surface area contributed by atoms with Crippen molar-refractivity contribution in [2.45, 2.75) is 0 Å². The van der Waals surface area contributed by atoms with Crippen LogP contribution >= 0.6 is 69.3 Å². The summed E-state index contributed by atoms with van der Waals surface area (Å²) in [5.41, 5.74) is 7.58. The zero-order chi connectivity index (χ0) is 19.3. The lowest BCUT2D eigenvalue weighted by Crippen LogP contribution is -2.00. The van der Waals surface area contributed by atoms with E-state index in [1.807, 2.05) is 11.4 Å². The van der Waals surface area contributed by atoms with E-state index in [0.717, 1.165) is 11.3 Å². The molecule has 2 N–H and O–H groups in total. The number of anilines is 1. The number of benzene rings is 2. The lowest BCUT2D eigenvalue weighted by molar-refractivity contribution is 0.102. The molecule has 1 heterocycles. The normalized spacial score (nSPS) is 10.2. The minimum absolute atomic E-state index is 0.0681. The van der Waals surface area contributed by atoms with Gasteiger partial charge in [-0.15, -0.1) is 22.9 Å². The summed E-state index contributed by atoms with van der Waals surface area (Å²) < 4.78 is 0. The highest BCUT2D eigenvalue weighted by Gasteiger charge is 2.08. The van der Waals surface area contributed by atoms with Gasteiger partial charge in [-0.25, -0.2) is 4.98 Å². The SMILES string of the molecule is Nc1nc(-c2ccc(Cl)cc2Cl)cs1.O=C(CCl)c1ccc(Cl)cc1Cl. The molecular weight excluding hydrogens is 458 g/mol. The number of hydrogen-bond acceptors (Lipinski definition) is 4. The summed E-state index contributed by atoms with van der Waals surface area (Å²) in [6.07, 6.45) is 0. The van der Waals surface area contributed by atoms with Gasteiger partial charge in [0.2, 0.25) is 0 Å². The Kier molecular flexibility index (Phi) is 8.02. The van der Waals surface area contributed by atoms with Crippen LogP contribution in [0.25, 0.3) is 11.3 Å². The predicted molar refractivity (Wildman–Crippen MR) is 113 cm³/mol. The molecule has 0 amide bonds. The van der Waals surface area contributed by atoms with E-state index in [1.165, 1.54) is 17.4 Å². The first-order valence-electron chi connectivity index (χ1n) is 7.02. The fourth-order valence-corrected chi connectivity index (χ4v) is 3.62. The molecule has 0 aliphatic rings. The summed E-state index contributed by atoms with van der Waals surface area (Å²) in [6, 6.07) is 9.98. The van der Waals surface area contributed by atoms with Crippen molar-refractivity contribution < 1.29 is 4.79 Å². The highest BCUT2D eigenvalue weighted by atomic mass is 35.5. The fourth-order valence-electron chi connectivity index (χ4n) is 1.90. The number of ketones is 1. The van der Waals surface area contributed by atoms with Gasteiger partial charge in [0.15, 0.2) is 10.9 Å². The number of hydrogen-bond donors (Lipinski definition) is 1. The molecule has 0 saturated heterocycles. The molecule has 0 atom stereocenters. The second kappa shape index (κ2) is 9.79. The minimum atomic E-state index is -0.196. The molecule has 26 heavy (non-hydrogen) atoms. The standard InChI is InChI=1S/C9H6Cl2N2S.C8H5Cl3O/c10-5-1-2-6(7(11)3-5)8-4-14-9(12)13-8;9-4-8(12)6-2-1-5(10)3-7(6)11/h1-4H,(H2,12,13);1-3H,4H2. The maximum absolute atomic E-state index is 11.1. The van der Waals surface area contributed by atoms with Crippen LogP contribution in [0.3, 0.4) is 0 Å². The molecule has 0 fully saturated rings. The van der Waals surface area contributed by atoms with Gasteiger partial charge in [0.1, 0.15) is 0 Å². The first-order valence-corrected chi connectivity index (χ1v) is 9.95.